The molecule has 1 saturated heterocycles. The van der Waals surface area contributed by atoms with Gasteiger partial charge in [-0.3, -0.25) is 0 Å². The first-order chi connectivity index (χ1) is 8.29. The van der Waals surface area contributed by atoms with Crippen molar-refractivity contribution in [1.82, 2.24) is 0 Å². The van der Waals surface area contributed by atoms with E-state index < -0.39 is 0 Å². The fourth-order valence-corrected chi connectivity index (χ4v) is 2.60. The number of hydrogen-bond donors (Lipinski definition) is 1. The topological polar surface area (TPSA) is 35.2 Å². The zero-order valence-corrected chi connectivity index (χ0v) is 10.7. The molecule has 1 fully saturated rings. The van der Waals surface area contributed by atoms with Gasteiger partial charge in [-0.1, -0.05) is 29.8 Å². The SMILES string of the molecule is Cc1cccc(C(CN)CCC2CCCO2)c1. The highest BCUT2D eigenvalue weighted by molar-refractivity contribution is 5.25. The number of ether oxygens (including phenoxy) is 1. The van der Waals surface area contributed by atoms with Crippen LogP contribution in [0.15, 0.2) is 24.3 Å². The van der Waals surface area contributed by atoms with Crippen LogP contribution in [0.3, 0.4) is 0 Å². The number of benzene rings is 1. The zero-order chi connectivity index (χ0) is 12.1. The maximum atomic E-state index is 5.90. The number of rotatable bonds is 5. The lowest BCUT2D eigenvalue weighted by Gasteiger charge is -2.18. The molecule has 2 rings (SSSR count). The zero-order valence-electron chi connectivity index (χ0n) is 10.7. The first kappa shape index (κ1) is 12.6. The van der Waals surface area contributed by atoms with Crippen LogP contribution >= 0.6 is 0 Å². The average Bonchev–Trinajstić information content (AvgIpc) is 2.83. The van der Waals surface area contributed by atoms with E-state index in [9.17, 15) is 0 Å². The molecule has 1 aromatic rings. The predicted molar refractivity (Wildman–Crippen MR) is 71.2 cm³/mol. The van der Waals surface area contributed by atoms with Crippen molar-refractivity contribution in [3.05, 3.63) is 35.4 Å². The van der Waals surface area contributed by atoms with E-state index in [1.54, 1.807) is 0 Å². The monoisotopic (exact) mass is 233 g/mol. The summed E-state index contributed by atoms with van der Waals surface area (Å²) >= 11 is 0. The molecule has 2 nitrogen and oxygen atoms in total. The molecule has 0 bridgehead atoms. The van der Waals surface area contributed by atoms with Crippen molar-refractivity contribution >= 4 is 0 Å². The Morgan fingerprint density at radius 1 is 1.47 bits per heavy atom. The molecule has 1 heterocycles. The Bertz CT molecular complexity index is 345. The van der Waals surface area contributed by atoms with Gasteiger partial charge >= 0.3 is 0 Å². The van der Waals surface area contributed by atoms with Gasteiger partial charge in [0.15, 0.2) is 0 Å². The van der Waals surface area contributed by atoms with Gasteiger partial charge in [-0.2, -0.15) is 0 Å². The van der Waals surface area contributed by atoms with Crippen molar-refractivity contribution in [1.29, 1.82) is 0 Å². The smallest absolute Gasteiger partial charge is 0.0576 e. The summed E-state index contributed by atoms with van der Waals surface area (Å²) in [5.74, 6) is 0.485. The van der Waals surface area contributed by atoms with Crippen molar-refractivity contribution in [3.63, 3.8) is 0 Å². The summed E-state index contributed by atoms with van der Waals surface area (Å²) in [5, 5.41) is 0. The van der Waals surface area contributed by atoms with Gasteiger partial charge in [0.2, 0.25) is 0 Å². The summed E-state index contributed by atoms with van der Waals surface area (Å²) in [6, 6.07) is 8.71. The molecular weight excluding hydrogens is 210 g/mol. The third kappa shape index (κ3) is 3.55. The van der Waals surface area contributed by atoms with Crippen LogP contribution in [-0.2, 0) is 4.74 Å². The molecule has 2 heteroatoms. The normalized spacial score (nSPS) is 21.6. The Morgan fingerprint density at radius 2 is 2.35 bits per heavy atom. The van der Waals surface area contributed by atoms with Crippen LogP contribution in [-0.4, -0.2) is 19.3 Å². The second kappa shape index (κ2) is 6.18. The van der Waals surface area contributed by atoms with Crippen molar-refractivity contribution in [2.24, 2.45) is 5.73 Å². The van der Waals surface area contributed by atoms with Gasteiger partial charge in [-0.25, -0.2) is 0 Å². The van der Waals surface area contributed by atoms with E-state index in [-0.39, 0.29) is 0 Å². The minimum Gasteiger partial charge on any atom is -0.378 e. The summed E-state index contributed by atoms with van der Waals surface area (Å²) in [7, 11) is 0. The predicted octanol–water partition coefficient (Wildman–Crippen LogP) is 3.00. The number of hydrogen-bond acceptors (Lipinski definition) is 2. The van der Waals surface area contributed by atoms with Gasteiger partial charge < -0.3 is 10.5 Å². The van der Waals surface area contributed by atoms with Crippen LogP contribution < -0.4 is 5.73 Å². The summed E-state index contributed by atoms with van der Waals surface area (Å²) < 4.78 is 5.67. The van der Waals surface area contributed by atoms with Crippen LogP contribution in [0.5, 0.6) is 0 Å². The van der Waals surface area contributed by atoms with Gasteiger partial charge in [0.05, 0.1) is 6.10 Å². The largest absolute Gasteiger partial charge is 0.378 e. The minimum absolute atomic E-state index is 0.480. The third-order valence-electron chi connectivity index (χ3n) is 3.66. The Balaban J connectivity index is 1.91. The Hall–Kier alpha value is -0.860. The number of nitrogens with two attached hydrogens (primary N) is 1. The maximum absolute atomic E-state index is 5.90. The lowest BCUT2D eigenvalue weighted by atomic mass is 9.92. The van der Waals surface area contributed by atoms with Crippen LogP contribution in [0.4, 0.5) is 0 Å². The van der Waals surface area contributed by atoms with Crippen LogP contribution in [0, 0.1) is 6.92 Å². The van der Waals surface area contributed by atoms with Gasteiger partial charge in [0.25, 0.3) is 0 Å². The minimum atomic E-state index is 0.480. The maximum Gasteiger partial charge on any atom is 0.0576 e. The number of aryl methyl sites for hydroxylation is 1. The second-order valence-electron chi connectivity index (χ2n) is 5.06. The van der Waals surface area contributed by atoms with Crippen molar-refractivity contribution in [2.45, 2.75) is 44.6 Å². The van der Waals surface area contributed by atoms with Crippen LogP contribution in [0.1, 0.15) is 42.7 Å². The third-order valence-corrected chi connectivity index (χ3v) is 3.66. The van der Waals surface area contributed by atoms with Crippen molar-refractivity contribution in [2.75, 3.05) is 13.2 Å². The van der Waals surface area contributed by atoms with Crippen molar-refractivity contribution < 1.29 is 4.74 Å². The van der Waals surface area contributed by atoms with Gasteiger partial charge in [0, 0.05) is 6.61 Å². The second-order valence-corrected chi connectivity index (χ2v) is 5.06. The molecule has 2 unspecified atom stereocenters. The molecule has 94 valence electrons. The molecule has 1 aliphatic rings. The molecule has 0 aromatic heterocycles. The summed E-state index contributed by atoms with van der Waals surface area (Å²) in [6.07, 6.45) is 5.22. The fourth-order valence-electron chi connectivity index (χ4n) is 2.60. The Labute approximate surface area is 104 Å². The van der Waals surface area contributed by atoms with Crippen LogP contribution in [0.2, 0.25) is 0 Å². The van der Waals surface area contributed by atoms with Gasteiger partial charge in [0.1, 0.15) is 0 Å². The highest BCUT2D eigenvalue weighted by Gasteiger charge is 2.18. The summed E-state index contributed by atoms with van der Waals surface area (Å²) in [4.78, 5) is 0. The molecule has 0 aliphatic carbocycles. The lowest BCUT2D eigenvalue weighted by Crippen LogP contribution is -2.15. The highest BCUT2D eigenvalue weighted by Crippen LogP contribution is 2.25. The van der Waals surface area contributed by atoms with E-state index in [1.807, 2.05) is 0 Å². The summed E-state index contributed by atoms with van der Waals surface area (Å²) in [5.41, 5.74) is 8.60. The molecule has 1 aromatic carbocycles. The van der Waals surface area contributed by atoms with E-state index in [2.05, 4.69) is 31.2 Å². The molecule has 1 aliphatic heterocycles. The molecule has 2 atom stereocenters. The molecule has 0 amide bonds. The Morgan fingerprint density at radius 3 is 3.00 bits per heavy atom. The van der Waals surface area contributed by atoms with E-state index in [0.717, 1.165) is 26.0 Å². The highest BCUT2D eigenvalue weighted by atomic mass is 16.5. The molecular formula is C15H23NO. The van der Waals surface area contributed by atoms with Gasteiger partial charge in [-0.15, -0.1) is 0 Å². The first-order valence-electron chi connectivity index (χ1n) is 6.68. The molecule has 0 radical (unpaired) electrons. The average molecular weight is 233 g/mol. The van der Waals surface area contributed by atoms with E-state index in [0.29, 0.717) is 12.0 Å². The first-order valence-corrected chi connectivity index (χ1v) is 6.68. The molecule has 17 heavy (non-hydrogen) atoms. The van der Waals surface area contributed by atoms with E-state index in [4.69, 9.17) is 10.5 Å². The Kier molecular flexibility index (Phi) is 4.57. The molecule has 2 N–H and O–H groups in total. The van der Waals surface area contributed by atoms with E-state index >= 15 is 0 Å². The summed E-state index contributed by atoms with van der Waals surface area (Å²) in [6.45, 7) is 3.82. The van der Waals surface area contributed by atoms with Crippen LogP contribution in [0.25, 0.3) is 0 Å². The quantitative estimate of drug-likeness (QED) is 0.848. The lowest BCUT2D eigenvalue weighted by molar-refractivity contribution is 0.101. The van der Waals surface area contributed by atoms with Gasteiger partial charge in [-0.05, 0) is 50.6 Å². The van der Waals surface area contributed by atoms with E-state index in [1.165, 1.54) is 24.0 Å². The fraction of sp³-hybridized carbons (Fsp3) is 0.600. The van der Waals surface area contributed by atoms with Crippen molar-refractivity contribution in [3.8, 4) is 0 Å². The standard InChI is InChI=1S/C15H23NO/c1-12-4-2-5-13(10-12)14(11-16)7-8-15-6-3-9-17-15/h2,4-5,10,14-15H,3,6-9,11,16H2,1H3. The molecule has 0 spiro atoms. The molecule has 0 saturated carbocycles.